The van der Waals surface area contributed by atoms with Gasteiger partial charge >= 0.3 is 0 Å². The van der Waals surface area contributed by atoms with Crippen molar-refractivity contribution >= 4 is 41.5 Å². The van der Waals surface area contributed by atoms with Crippen LogP contribution in [0.4, 0.5) is 5.69 Å². The Balaban J connectivity index is 0.00000341. The summed E-state index contributed by atoms with van der Waals surface area (Å²) in [6.07, 6.45) is 2.21. The van der Waals surface area contributed by atoms with E-state index in [1.807, 2.05) is 0 Å². The molecule has 172 valence electrons. The maximum atomic E-state index is 12.0. The normalized spacial score (nSPS) is 17.3. The topological polar surface area (TPSA) is 103 Å². The predicted molar refractivity (Wildman–Crippen MR) is 132 cm³/mol. The first-order valence-corrected chi connectivity index (χ1v) is 10.7. The molecule has 1 amide bonds. The fourth-order valence-electron chi connectivity index (χ4n) is 3.27. The number of carbonyl (C=O) groups is 1. The second-order valence-corrected chi connectivity index (χ2v) is 8.44. The quantitative estimate of drug-likeness (QED) is 0.171. The fourth-order valence-corrected chi connectivity index (χ4v) is 3.27. The molecule has 1 aromatic carbocycles. The van der Waals surface area contributed by atoms with Crippen LogP contribution in [0.3, 0.4) is 0 Å². The highest BCUT2D eigenvalue weighted by molar-refractivity contribution is 14.0. The summed E-state index contributed by atoms with van der Waals surface area (Å²) in [4.78, 5) is 31.6. The van der Waals surface area contributed by atoms with Crippen molar-refractivity contribution in [2.24, 2.45) is 10.9 Å². The highest BCUT2D eigenvalue weighted by Crippen LogP contribution is 2.18. The summed E-state index contributed by atoms with van der Waals surface area (Å²) in [5, 5.41) is 17.3. The second kappa shape index (κ2) is 12.2. The molecule has 0 radical (unpaired) electrons. The molecule has 3 rings (SSSR count). The molecule has 2 fully saturated rings. The third-order valence-corrected chi connectivity index (χ3v) is 5.21. The minimum atomic E-state index is -0.396. The predicted octanol–water partition coefficient (Wildman–Crippen LogP) is 2.21. The molecule has 2 aliphatic rings. The summed E-state index contributed by atoms with van der Waals surface area (Å²) in [5.74, 6) is 1.46. The Morgan fingerprint density at radius 2 is 1.84 bits per heavy atom. The summed E-state index contributed by atoms with van der Waals surface area (Å²) >= 11 is 0. The largest absolute Gasteiger partial charge is 0.356 e. The molecule has 0 spiro atoms. The van der Waals surface area contributed by atoms with Gasteiger partial charge in [-0.3, -0.25) is 19.8 Å². The third-order valence-electron chi connectivity index (χ3n) is 5.21. The lowest BCUT2D eigenvalue weighted by Gasteiger charge is -2.36. The van der Waals surface area contributed by atoms with E-state index in [1.54, 1.807) is 12.1 Å². The lowest BCUT2D eigenvalue weighted by molar-refractivity contribution is -0.384. The summed E-state index contributed by atoms with van der Waals surface area (Å²) in [7, 11) is 0. The average Bonchev–Trinajstić information content (AvgIpc) is 3.53. The summed E-state index contributed by atoms with van der Waals surface area (Å²) in [6, 6.07) is 6.92. The van der Waals surface area contributed by atoms with E-state index in [9.17, 15) is 14.9 Å². The van der Waals surface area contributed by atoms with Crippen LogP contribution in [-0.4, -0.2) is 71.9 Å². The van der Waals surface area contributed by atoms with E-state index in [0.717, 1.165) is 57.1 Å². The molecular formula is C21H33IN6O3. The number of nitrogens with one attached hydrogen (secondary N) is 2. The smallest absolute Gasteiger partial charge is 0.269 e. The van der Waals surface area contributed by atoms with Gasteiger partial charge in [0.15, 0.2) is 5.96 Å². The van der Waals surface area contributed by atoms with Crippen molar-refractivity contribution in [1.29, 1.82) is 0 Å². The van der Waals surface area contributed by atoms with Crippen LogP contribution < -0.4 is 10.6 Å². The number of hydrogen-bond donors (Lipinski definition) is 2. The van der Waals surface area contributed by atoms with Gasteiger partial charge in [0, 0.05) is 50.9 Å². The van der Waals surface area contributed by atoms with E-state index in [1.165, 1.54) is 12.1 Å². The Morgan fingerprint density at radius 1 is 1.19 bits per heavy atom. The molecule has 0 atom stereocenters. The first-order chi connectivity index (χ1) is 14.4. The minimum Gasteiger partial charge on any atom is -0.356 e. The van der Waals surface area contributed by atoms with E-state index in [2.05, 4.69) is 34.3 Å². The van der Waals surface area contributed by atoms with Gasteiger partial charge in [-0.05, 0) is 24.3 Å². The van der Waals surface area contributed by atoms with Crippen molar-refractivity contribution in [2.45, 2.75) is 39.3 Å². The van der Waals surface area contributed by atoms with Gasteiger partial charge in [-0.15, -0.1) is 24.0 Å². The van der Waals surface area contributed by atoms with Gasteiger partial charge in [0.1, 0.15) is 0 Å². The van der Waals surface area contributed by atoms with Gasteiger partial charge in [-0.25, -0.2) is 4.99 Å². The first-order valence-electron chi connectivity index (χ1n) is 10.7. The lowest BCUT2D eigenvalue weighted by atomic mass is 10.2. The number of amides is 1. The Kier molecular flexibility index (Phi) is 9.94. The van der Waals surface area contributed by atoms with E-state index < -0.39 is 4.92 Å². The fraction of sp³-hybridized carbons (Fsp3) is 0.619. The number of nitrogens with zero attached hydrogens (tertiary/aromatic N) is 4. The summed E-state index contributed by atoms with van der Waals surface area (Å²) in [5.41, 5.74) is 1.02. The lowest BCUT2D eigenvalue weighted by Crippen LogP contribution is -2.54. The van der Waals surface area contributed by atoms with E-state index in [4.69, 9.17) is 4.99 Å². The van der Waals surface area contributed by atoms with Crippen molar-refractivity contribution in [1.82, 2.24) is 20.4 Å². The van der Waals surface area contributed by atoms with Crippen LogP contribution >= 0.6 is 24.0 Å². The zero-order valence-electron chi connectivity index (χ0n) is 18.2. The SMILES string of the molecule is CC(C)CNC(=NCc1ccc([N+](=O)[O-])cc1)N1CCN(CC(=O)NC2CC2)CC1.I. The Hall–Kier alpha value is -1.95. The van der Waals surface area contributed by atoms with Crippen LogP contribution in [0.25, 0.3) is 0 Å². The highest BCUT2D eigenvalue weighted by atomic mass is 127. The number of nitro benzene ring substituents is 1. The number of aliphatic imine (C=N–C) groups is 1. The molecular weight excluding hydrogens is 511 g/mol. The van der Waals surface area contributed by atoms with Crippen LogP contribution in [0.1, 0.15) is 32.3 Å². The molecule has 1 aliphatic heterocycles. The Morgan fingerprint density at radius 3 is 2.39 bits per heavy atom. The van der Waals surface area contributed by atoms with Crippen LogP contribution in [0, 0.1) is 16.0 Å². The summed E-state index contributed by atoms with van der Waals surface area (Å²) in [6.45, 7) is 9.29. The van der Waals surface area contributed by atoms with Crippen molar-refractivity contribution < 1.29 is 9.72 Å². The molecule has 1 aliphatic carbocycles. The van der Waals surface area contributed by atoms with Gasteiger partial charge in [0.25, 0.3) is 5.69 Å². The number of piperazine rings is 1. The molecule has 0 bridgehead atoms. The number of halogens is 1. The molecule has 0 unspecified atom stereocenters. The Labute approximate surface area is 200 Å². The zero-order chi connectivity index (χ0) is 21.5. The number of non-ortho nitro benzene ring substituents is 1. The molecule has 1 heterocycles. The van der Waals surface area contributed by atoms with E-state index in [-0.39, 0.29) is 35.6 Å². The first kappa shape index (κ1) is 25.3. The molecule has 1 saturated carbocycles. The zero-order valence-corrected chi connectivity index (χ0v) is 20.6. The number of rotatable bonds is 8. The van der Waals surface area contributed by atoms with Crippen LogP contribution in [-0.2, 0) is 11.3 Å². The maximum absolute atomic E-state index is 12.0. The number of hydrogen-bond acceptors (Lipinski definition) is 5. The second-order valence-electron chi connectivity index (χ2n) is 8.44. The molecule has 0 aromatic heterocycles. The highest BCUT2D eigenvalue weighted by Gasteiger charge is 2.26. The molecule has 10 heteroatoms. The maximum Gasteiger partial charge on any atom is 0.269 e. The van der Waals surface area contributed by atoms with Crippen molar-refractivity contribution in [2.75, 3.05) is 39.3 Å². The number of carbonyl (C=O) groups excluding carboxylic acids is 1. The molecule has 2 N–H and O–H groups in total. The van der Waals surface area contributed by atoms with Crippen LogP contribution in [0.5, 0.6) is 0 Å². The van der Waals surface area contributed by atoms with Crippen molar-refractivity contribution in [3.8, 4) is 0 Å². The summed E-state index contributed by atoms with van der Waals surface area (Å²) < 4.78 is 0. The molecule has 9 nitrogen and oxygen atoms in total. The average molecular weight is 544 g/mol. The standard InChI is InChI=1S/C21H32N6O3.HI/c1-16(2)13-22-21(23-14-17-3-7-19(8-4-17)27(29)30)26-11-9-25(10-12-26)15-20(28)24-18-5-6-18;/h3-4,7-8,16,18H,5-6,9-15H2,1-2H3,(H,22,23)(H,24,28);1H. The Bertz CT molecular complexity index is 759. The molecule has 1 aromatic rings. The van der Waals surface area contributed by atoms with Gasteiger partial charge in [0.2, 0.25) is 5.91 Å². The van der Waals surface area contributed by atoms with Gasteiger partial charge in [-0.1, -0.05) is 26.0 Å². The molecule has 1 saturated heterocycles. The third kappa shape index (κ3) is 8.60. The van der Waals surface area contributed by atoms with Gasteiger partial charge in [-0.2, -0.15) is 0 Å². The van der Waals surface area contributed by atoms with Gasteiger partial charge in [0.05, 0.1) is 18.0 Å². The number of benzene rings is 1. The number of nitro groups is 1. The van der Waals surface area contributed by atoms with E-state index >= 15 is 0 Å². The monoisotopic (exact) mass is 544 g/mol. The van der Waals surface area contributed by atoms with Crippen LogP contribution in [0.2, 0.25) is 0 Å². The molecule has 31 heavy (non-hydrogen) atoms. The van der Waals surface area contributed by atoms with Gasteiger partial charge < -0.3 is 15.5 Å². The minimum absolute atomic E-state index is 0. The van der Waals surface area contributed by atoms with Crippen LogP contribution in [0.15, 0.2) is 29.3 Å². The van der Waals surface area contributed by atoms with E-state index in [0.29, 0.717) is 25.0 Å². The van der Waals surface area contributed by atoms with Crippen molar-refractivity contribution in [3.63, 3.8) is 0 Å². The van der Waals surface area contributed by atoms with Crippen molar-refractivity contribution in [3.05, 3.63) is 39.9 Å². The number of guanidine groups is 1.